The monoisotopic (exact) mass is 464 g/mol. The third-order valence-corrected chi connectivity index (χ3v) is 4.26. The summed E-state index contributed by atoms with van der Waals surface area (Å²) in [5.41, 5.74) is 5.58. The fourth-order valence-corrected chi connectivity index (χ4v) is 3.25. The molecule has 0 radical (unpaired) electrons. The minimum absolute atomic E-state index is 0.00757. The van der Waals surface area contributed by atoms with Crippen molar-refractivity contribution in [3.05, 3.63) is 39.3 Å². The van der Waals surface area contributed by atoms with Crippen LogP contribution < -0.4 is 16.6 Å². The van der Waals surface area contributed by atoms with E-state index >= 15 is 0 Å². The number of aromatic nitrogens is 2. The van der Waals surface area contributed by atoms with Crippen LogP contribution in [0.25, 0.3) is 11.3 Å². The predicted octanol–water partition coefficient (Wildman–Crippen LogP) is 3.48. The van der Waals surface area contributed by atoms with E-state index in [0.717, 1.165) is 4.57 Å². The van der Waals surface area contributed by atoms with Crippen LogP contribution in [0.4, 0.5) is 11.5 Å². The van der Waals surface area contributed by atoms with E-state index in [0.29, 0.717) is 5.56 Å². The molecular weight excluding hydrogens is 436 g/mol. The lowest BCUT2D eigenvalue weighted by atomic mass is 10.1. The molecule has 0 bridgehead atoms. The molecule has 0 aliphatic rings. The first-order valence-electron chi connectivity index (χ1n) is 10.2. The van der Waals surface area contributed by atoms with Crippen LogP contribution in [0, 0.1) is 0 Å². The van der Waals surface area contributed by atoms with E-state index in [2.05, 4.69) is 10.3 Å². The maximum Gasteiger partial charge on any atom is 0.338 e. The number of nitrogens with two attached hydrogens (primary N) is 1. The second-order valence-electron chi connectivity index (χ2n) is 8.44. The van der Waals surface area contributed by atoms with E-state index in [1.54, 1.807) is 27.7 Å². The van der Waals surface area contributed by atoms with Gasteiger partial charge in [0.25, 0.3) is 5.56 Å². The van der Waals surface area contributed by atoms with Gasteiger partial charge in [-0.1, -0.05) is 11.6 Å². The first-order chi connectivity index (χ1) is 14.8. The van der Waals surface area contributed by atoms with Crippen molar-refractivity contribution in [3.63, 3.8) is 0 Å². The second kappa shape index (κ2) is 10.0. The number of nitrogen functional groups attached to an aromatic ring is 1. The molecule has 0 saturated carbocycles. The summed E-state index contributed by atoms with van der Waals surface area (Å²) in [5, 5.41) is 2.89. The minimum Gasteiger partial charge on any atom is -0.462 e. The summed E-state index contributed by atoms with van der Waals surface area (Å²) in [6, 6.07) is 4.37. The molecule has 1 aromatic heterocycles. The van der Waals surface area contributed by atoms with Gasteiger partial charge in [-0.3, -0.25) is 14.2 Å². The van der Waals surface area contributed by atoms with Gasteiger partial charge in [0.2, 0.25) is 0 Å². The molecule has 0 unspecified atom stereocenters. The van der Waals surface area contributed by atoms with Crippen molar-refractivity contribution in [3.8, 4) is 11.3 Å². The molecule has 0 amide bonds. The number of hydrogen-bond donors (Lipinski definition) is 2. The van der Waals surface area contributed by atoms with E-state index in [1.165, 1.54) is 18.2 Å². The predicted molar refractivity (Wildman–Crippen MR) is 124 cm³/mol. The van der Waals surface area contributed by atoms with Crippen LogP contribution in [0.2, 0.25) is 5.15 Å². The number of benzene rings is 1. The zero-order chi connectivity index (χ0) is 24.2. The van der Waals surface area contributed by atoms with E-state index in [-0.39, 0.29) is 40.6 Å². The zero-order valence-electron chi connectivity index (χ0n) is 19.1. The van der Waals surface area contributed by atoms with Crippen LogP contribution in [-0.4, -0.2) is 39.7 Å². The Labute approximate surface area is 191 Å². The fraction of sp³-hybridized carbons (Fsp3) is 0.455. The first kappa shape index (κ1) is 25.2. The van der Waals surface area contributed by atoms with Crippen LogP contribution in [-0.2, 0) is 20.8 Å². The van der Waals surface area contributed by atoms with Crippen molar-refractivity contribution in [1.82, 2.24) is 9.55 Å². The highest BCUT2D eigenvalue weighted by Crippen LogP contribution is 2.29. The average molecular weight is 465 g/mol. The number of carbonyl (C=O) groups excluding carboxylic acids is 2. The summed E-state index contributed by atoms with van der Waals surface area (Å²) in [4.78, 5) is 42.2. The largest absolute Gasteiger partial charge is 0.462 e. The molecule has 9 nitrogen and oxygen atoms in total. The molecule has 10 heteroatoms. The Kier molecular flexibility index (Phi) is 7.90. The smallest absolute Gasteiger partial charge is 0.338 e. The maximum absolute atomic E-state index is 13.2. The van der Waals surface area contributed by atoms with Crippen LogP contribution in [0.15, 0.2) is 23.0 Å². The Morgan fingerprint density at radius 3 is 2.47 bits per heavy atom. The standard InChI is InChI=1S/C22H29ClN4O5/c1-7-31-21(30)14-8-13(9-15(24)10-14)17-18(23)26-19(25-12(2)3)20(29)27(17)11-16(28)32-22(4,5)6/h8-10,12H,7,11,24H2,1-6H3,(H,25,26). The number of halogens is 1. The molecule has 32 heavy (non-hydrogen) atoms. The van der Waals surface area contributed by atoms with Gasteiger partial charge in [-0.15, -0.1) is 0 Å². The van der Waals surface area contributed by atoms with Crippen molar-refractivity contribution in [1.29, 1.82) is 0 Å². The third kappa shape index (κ3) is 6.46. The summed E-state index contributed by atoms with van der Waals surface area (Å²) in [7, 11) is 0. The molecule has 2 rings (SSSR count). The van der Waals surface area contributed by atoms with Crippen molar-refractivity contribution in [2.45, 2.75) is 59.7 Å². The molecular formula is C22H29ClN4O5. The quantitative estimate of drug-likeness (QED) is 0.471. The summed E-state index contributed by atoms with van der Waals surface area (Å²) in [6.07, 6.45) is 0. The summed E-state index contributed by atoms with van der Waals surface area (Å²) < 4.78 is 11.6. The fourth-order valence-electron chi connectivity index (χ4n) is 2.96. The highest BCUT2D eigenvalue weighted by Gasteiger charge is 2.24. The molecule has 1 heterocycles. The topological polar surface area (TPSA) is 126 Å². The van der Waals surface area contributed by atoms with Crippen molar-refractivity contribution in [2.24, 2.45) is 0 Å². The highest BCUT2D eigenvalue weighted by atomic mass is 35.5. The van der Waals surface area contributed by atoms with Gasteiger partial charge in [-0.25, -0.2) is 9.78 Å². The average Bonchev–Trinajstić information content (AvgIpc) is 2.63. The molecule has 0 aliphatic carbocycles. The number of carbonyl (C=O) groups is 2. The first-order valence-corrected chi connectivity index (χ1v) is 10.6. The summed E-state index contributed by atoms with van der Waals surface area (Å²) in [6.45, 7) is 10.3. The Bertz CT molecular complexity index is 1070. The molecule has 0 aliphatic heterocycles. The molecule has 1 aromatic carbocycles. The van der Waals surface area contributed by atoms with Gasteiger partial charge in [-0.2, -0.15) is 0 Å². The molecule has 0 atom stereocenters. The van der Waals surface area contributed by atoms with E-state index in [9.17, 15) is 14.4 Å². The second-order valence-corrected chi connectivity index (χ2v) is 8.80. The molecule has 174 valence electrons. The SMILES string of the molecule is CCOC(=O)c1cc(N)cc(-c2c(Cl)nc(NC(C)C)c(=O)n2CC(=O)OC(C)(C)C)c1. The lowest BCUT2D eigenvalue weighted by Gasteiger charge is -2.22. The van der Waals surface area contributed by atoms with Crippen LogP contribution in [0.5, 0.6) is 0 Å². The number of esters is 2. The van der Waals surface area contributed by atoms with E-state index < -0.39 is 29.6 Å². The number of rotatable bonds is 7. The minimum atomic E-state index is -0.745. The summed E-state index contributed by atoms with van der Waals surface area (Å²) in [5.74, 6) is -1.22. The highest BCUT2D eigenvalue weighted by molar-refractivity contribution is 6.32. The zero-order valence-corrected chi connectivity index (χ0v) is 19.9. The Balaban J connectivity index is 2.71. The summed E-state index contributed by atoms with van der Waals surface area (Å²) >= 11 is 6.47. The number of ether oxygens (including phenoxy) is 2. The van der Waals surface area contributed by atoms with Crippen molar-refractivity contribution >= 4 is 35.0 Å². The molecule has 0 spiro atoms. The lowest BCUT2D eigenvalue weighted by Crippen LogP contribution is -2.34. The van der Waals surface area contributed by atoms with Crippen LogP contribution in [0.1, 0.15) is 51.9 Å². The van der Waals surface area contributed by atoms with E-state index in [1.807, 2.05) is 13.8 Å². The van der Waals surface area contributed by atoms with Crippen LogP contribution in [0.3, 0.4) is 0 Å². The van der Waals surface area contributed by atoms with E-state index in [4.69, 9.17) is 26.8 Å². The van der Waals surface area contributed by atoms with Gasteiger partial charge in [0.05, 0.1) is 17.9 Å². The van der Waals surface area contributed by atoms with Crippen LogP contribution >= 0.6 is 11.6 Å². The number of hydrogen-bond acceptors (Lipinski definition) is 8. The van der Waals surface area contributed by atoms with Gasteiger partial charge in [0.1, 0.15) is 12.1 Å². The Morgan fingerprint density at radius 2 is 1.91 bits per heavy atom. The normalized spacial score (nSPS) is 11.4. The van der Waals surface area contributed by atoms with Gasteiger partial charge in [-0.05, 0) is 59.7 Å². The third-order valence-electron chi connectivity index (χ3n) is 4.00. The van der Waals surface area contributed by atoms with Crippen molar-refractivity contribution < 1.29 is 19.1 Å². The number of nitrogens with one attached hydrogen (secondary N) is 1. The molecule has 2 aromatic rings. The molecule has 3 N–H and O–H groups in total. The maximum atomic E-state index is 13.2. The van der Waals surface area contributed by atoms with Gasteiger partial charge in [0.15, 0.2) is 11.0 Å². The number of nitrogens with zero attached hydrogens (tertiary/aromatic N) is 2. The van der Waals surface area contributed by atoms with Gasteiger partial charge >= 0.3 is 11.9 Å². The molecule has 0 saturated heterocycles. The number of anilines is 2. The lowest BCUT2D eigenvalue weighted by molar-refractivity contribution is -0.155. The molecule has 0 fully saturated rings. The van der Waals surface area contributed by atoms with Crippen molar-refractivity contribution in [2.75, 3.05) is 17.7 Å². The Hall–Kier alpha value is -3.07. The Morgan fingerprint density at radius 1 is 1.25 bits per heavy atom. The van der Waals surface area contributed by atoms with Gasteiger partial charge < -0.3 is 20.5 Å². The van der Waals surface area contributed by atoms with Gasteiger partial charge in [0, 0.05) is 17.3 Å².